The van der Waals surface area contributed by atoms with E-state index in [-0.39, 0.29) is 5.91 Å². The second-order valence-electron chi connectivity index (χ2n) is 6.35. The molecule has 0 bridgehead atoms. The monoisotopic (exact) mass is 352 g/mol. The lowest BCUT2D eigenvalue weighted by Gasteiger charge is -2.18. The van der Waals surface area contributed by atoms with Crippen LogP contribution in [0, 0.1) is 6.92 Å². The summed E-state index contributed by atoms with van der Waals surface area (Å²) in [6, 6.07) is 15.7. The van der Waals surface area contributed by atoms with Crippen molar-refractivity contribution in [3.8, 4) is 11.5 Å². The molecule has 0 aliphatic carbocycles. The van der Waals surface area contributed by atoms with Crippen molar-refractivity contribution in [3.05, 3.63) is 60.3 Å². The lowest BCUT2D eigenvalue weighted by Crippen LogP contribution is -2.33. The molecule has 26 heavy (non-hydrogen) atoms. The highest BCUT2D eigenvalue weighted by atomic mass is 16.5. The molecular formula is C21H24N2O3. The molecule has 1 heterocycles. The van der Waals surface area contributed by atoms with Crippen LogP contribution in [0.1, 0.15) is 5.56 Å². The number of likely N-dealkylation sites (N-methyl/N-ethyl adjacent to an activating group) is 1. The second kappa shape index (κ2) is 7.95. The molecule has 136 valence electrons. The van der Waals surface area contributed by atoms with E-state index in [0.717, 1.165) is 28.0 Å². The smallest absolute Gasteiger partial charge is 0.242 e. The molecule has 0 fully saturated rings. The fourth-order valence-electron chi connectivity index (χ4n) is 2.84. The van der Waals surface area contributed by atoms with Crippen LogP contribution in [0.5, 0.6) is 11.5 Å². The molecule has 5 heteroatoms. The van der Waals surface area contributed by atoms with Crippen LogP contribution in [0.2, 0.25) is 0 Å². The zero-order valence-corrected chi connectivity index (χ0v) is 15.4. The Labute approximate surface area is 153 Å². The molecule has 5 nitrogen and oxygen atoms in total. The Morgan fingerprint density at radius 2 is 1.96 bits per heavy atom. The Kier molecular flexibility index (Phi) is 5.46. The van der Waals surface area contributed by atoms with Gasteiger partial charge in [-0.15, -0.1) is 0 Å². The third-order valence-corrected chi connectivity index (χ3v) is 4.39. The lowest BCUT2D eigenvalue weighted by atomic mass is 10.2. The van der Waals surface area contributed by atoms with Gasteiger partial charge in [0.2, 0.25) is 5.91 Å². The molecule has 0 unspecified atom stereocenters. The summed E-state index contributed by atoms with van der Waals surface area (Å²) < 4.78 is 12.9. The third-order valence-electron chi connectivity index (χ3n) is 4.39. The van der Waals surface area contributed by atoms with Crippen molar-refractivity contribution in [2.45, 2.75) is 13.5 Å². The summed E-state index contributed by atoms with van der Waals surface area (Å²) in [5, 5.41) is 1.06. The van der Waals surface area contributed by atoms with Crippen molar-refractivity contribution < 1.29 is 14.3 Å². The van der Waals surface area contributed by atoms with E-state index < -0.39 is 0 Å². The fraction of sp³-hybridized carbons (Fsp3) is 0.286. The first-order valence-corrected chi connectivity index (χ1v) is 8.63. The van der Waals surface area contributed by atoms with E-state index in [0.29, 0.717) is 19.7 Å². The van der Waals surface area contributed by atoms with E-state index in [1.807, 2.05) is 66.2 Å². The highest BCUT2D eigenvalue weighted by Gasteiger charge is 2.11. The summed E-state index contributed by atoms with van der Waals surface area (Å²) in [5.41, 5.74) is 2.17. The number of carbonyl (C=O) groups excluding carboxylic acids is 1. The van der Waals surface area contributed by atoms with Gasteiger partial charge in [-0.3, -0.25) is 4.79 Å². The maximum atomic E-state index is 12.5. The number of carbonyl (C=O) groups is 1. The predicted molar refractivity (Wildman–Crippen MR) is 103 cm³/mol. The largest absolute Gasteiger partial charge is 0.497 e. The van der Waals surface area contributed by atoms with Crippen LogP contribution in [0.3, 0.4) is 0 Å². The average molecular weight is 352 g/mol. The van der Waals surface area contributed by atoms with Gasteiger partial charge in [0, 0.05) is 24.1 Å². The zero-order valence-electron chi connectivity index (χ0n) is 15.4. The van der Waals surface area contributed by atoms with E-state index >= 15 is 0 Å². The number of aryl methyl sites for hydroxylation is 1. The van der Waals surface area contributed by atoms with Crippen LogP contribution in [-0.2, 0) is 11.3 Å². The number of benzene rings is 2. The van der Waals surface area contributed by atoms with Gasteiger partial charge in [0.15, 0.2) is 0 Å². The molecule has 3 rings (SSSR count). The topological polar surface area (TPSA) is 43.7 Å². The van der Waals surface area contributed by atoms with Gasteiger partial charge in [-0.1, -0.05) is 12.1 Å². The van der Waals surface area contributed by atoms with E-state index in [9.17, 15) is 4.79 Å². The van der Waals surface area contributed by atoms with E-state index in [1.54, 1.807) is 19.1 Å². The molecule has 0 spiro atoms. The molecule has 1 amide bonds. The van der Waals surface area contributed by atoms with Gasteiger partial charge >= 0.3 is 0 Å². The first-order chi connectivity index (χ1) is 12.6. The normalized spacial score (nSPS) is 10.7. The number of amides is 1. The molecule has 2 aromatic carbocycles. The van der Waals surface area contributed by atoms with Gasteiger partial charge < -0.3 is 18.9 Å². The molecular weight excluding hydrogens is 328 g/mol. The van der Waals surface area contributed by atoms with Crippen LogP contribution in [0.4, 0.5) is 0 Å². The standard InChI is InChI=1S/C21H24N2O3/c1-16-5-4-6-19(13-16)26-12-11-22(2)21(24)15-23-10-9-17-14-18(25-3)7-8-20(17)23/h4-10,13-14H,11-12,15H2,1-3H3. The summed E-state index contributed by atoms with van der Waals surface area (Å²) in [5.74, 6) is 1.69. The quantitative estimate of drug-likeness (QED) is 0.654. The molecule has 0 aliphatic heterocycles. The van der Waals surface area contributed by atoms with Crippen LogP contribution in [0.15, 0.2) is 54.7 Å². The van der Waals surface area contributed by atoms with Crippen molar-refractivity contribution in [2.75, 3.05) is 27.3 Å². The summed E-state index contributed by atoms with van der Waals surface area (Å²) in [7, 11) is 3.45. The summed E-state index contributed by atoms with van der Waals surface area (Å²) in [4.78, 5) is 14.2. The highest BCUT2D eigenvalue weighted by molar-refractivity contribution is 5.84. The molecule has 0 saturated carbocycles. The number of rotatable bonds is 7. The maximum absolute atomic E-state index is 12.5. The van der Waals surface area contributed by atoms with E-state index in [1.165, 1.54) is 0 Å². The predicted octanol–water partition coefficient (Wildman–Crippen LogP) is 3.50. The SMILES string of the molecule is COc1ccc2c(ccn2CC(=O)N(C)CCOc2cccc(C)c2)c1. The molecule has 0 N–H and O–H groups in total. The minimum atomic E-state index is 0.0474. The highest BCUT2D eigenvalue weighted by Crippen LogP contribution is 2.21. The van der Waals surface area contributed by atoms with Crippen molar-refractivity contribution in [3.63, 3.8) is 0 Å². The lowest BCUT2D eigenvalue weighted by molar-refractivity contribution is -0.130. The third kappa shape index (κ3) is 4.17. The van der Waals surface area contributed by atoms with Crippen LogP contribution < -0.4 is 9.47 Å². The minimum absolute atomic E-state index is 0.0474. The first kappa shape index (κ1) is 17.9. The second-order valence-corrected chi connectivity index (χ2v) is 6.35. The Balaban J connectivity index is 1.55. The van der Waals surface area contributed by atoms with Crippen molar-refractivity contribution in [1.29, 1.82) is 0 Å². The van der Waals surface area contributed by atoms with Crippen molar-refractivity contribution >= 4 is 16.8 Å². The number of fused-ring (bicyclic) bond motifs is 1. The zero-order chi connectivity index (χ0) is 18.5. The number of aromatic nitrogens is 1. The Morgan fingerprint density at radius 3 is 2.73 bits per heavy atom. The number of methoxy groups -OCH3 is 1. The van der Waals surface area contributed by atoms with Crippen molar-refractivity contribution in [1.82, 2.24) is 9.47 Å². The summed E-state index contributed by atoms with van der Waals surface area (Å²) in [6.07, 6.45) is 1.93. The van der Waals surface area contributed by atoms with Gasteiger partial charge in [0.25, 0.3) is 0 Å². The van der Waals surface area contributed by atoms with E-state index in [2.05, 4.69) is 0 Å². The molecule has 0 radical (unpaired) electrons. The fourth-order valence-corrected chi connectivity index (χ4v) is 2.84. The number of hydrogen-bond acceptors (Lipinski definition) is 3. The Hall–Kier alpha value is -2.95. The van der Waals surface area contributed by atoms with Gasteiger partial charge in [-0.05, 0) is 48.9 Å². The minimum Gasteiger partial charge on any atom is -0.497 e. The first-order valence-electron chi connectivity index (χ1n) is 8.63. The van der Waals surface area contributed by atoms with Gasteiger partial charge in [-0.2, -0.15) is 0 Å². The molecule has 0 atom stereocenters. The Morgan fingerprint density at radius 1 is 1.12 bits per heavy atom. The number of hydrogen-bond donors (Lipinski definition) is 0. The van der Waals surface area contributed by atoms with E-state index in [4.69, 9.17) is 9.47 Å². The summed E-state index contributed by atoms with van der Waals surface area (Å²) in [6.45, 7) is 3.34. The molecule has 1 aromatic heterocycles. The van der Waals surface area contributed by atoms with Crippen LogP contribution in [0.25, 0.3) is 10.9 Å². The van der Waals surface area contributed by atoms with Gasteiger partial charge in [0.05, 0.1) is 13.7 Å². The van der Waals surface area contributed by atoms with Crippen molar-refractivity contribution in [2.24, 2.45) is 0 Å². The Bertz CT molecular complexity index is 901. The molecule has 0 saturated heterocycles. The maximum Gasteiger partial charge on any atom is 0.242 e. The average Bonchev–Trinajstić information content (AvgIpc) is 3.03. The van der Waals surface area contributed by atoms with Gasteiger partial charge in [-0.25, -0.2) is 0 Å². The molecule has 3 aromatic rings. The van der Waals surface area contributed by atoms with Gasteiger partial charge in [0.1, 0.15) is 24.7 Å². The van der Waals surface area contributed by atoms with Crippen LogP contribution >= 0.6 is 0 Å². The number of ether oxygens (including phenoxy) is 2. The van der Waals surface area contributed by atoms with Crippen LogP contribution in [-0.4, -0.2) is 42.7 Å². The summed E-state index contributed by atoms with van der Waals surface area (Å²) >= 11 is 0. The molecule has 0 aliphatic rings. The number of nitrogens with zero attached hydrogens (tertiary/aromatic N) is 2.